The molecule has 4 bridgehead atoms. The van der Waals surface area contributed by atoms with Crippen LogP contribution in [0.1, 0.15) is 56.6 Å². The fourth-order valence-electron chi connectivity index (χ4n) is 7.78. The summed E-state index contributed by atoms with van der Waals surface area (Å²) in [7, 11) is 0. The molecule has 4 fully saturated rings. The zero-order chi connectivity index (χ0) is 19.6. The Morgan fingerprint density at radius 1 is 0.966 bits per heavy atom. The highest BCUT2D eigenvalue weighted by Crippen LogP contribution is 2.69. The van der Waals surface area contributed by atoms with Crippen molar-refractivity contribution in [2.75, 3.05) is 5.32 Å². The van der Waals surface area contributed by atoms with E-state index in [0.717, 1.165) is 35.8 Å². The van der Waals surface area contributed by atoms with Crippen LogP contribution in [0.15, 0.2) is 66.9 Å². The lowest BCUT2D eigenvalue weighted by Crippen LogP contribution is -2.55. The first-order valence-corrected chi connectivity index (χ1v) is 11.6. The number of fused-ring (bicyclic) bond motifs is 3. The van der Waals surface area contributed by atoms with Gasteiger partial charge in [-0.25, -0.2) is 0 Å². The molecule has 0 atom stereocenters. The zero-order valence-corrected chi connectivity index (χ0v) is 17.5. The zero-order valence-electron chi connectivity index (χ0n) is 17.5. The Labute approximate surface area is 174 Å². The minimum Gasteiger partial charge on any atom is -0.356 e. The molecule has 0 amide bonds. The van der Waals surface area contributed by atoms with Crippen molar-refractivity contribution in [1.82, 2.24) is 0 Å². The van der Waals surface area contributed by atoms with Crippen molar-refractivity contribution in [3.8, 4) is 11.1 Å². The average Bonchev–Trinajstić information content (AvgIpc) is 3.02. The van der Waals surface area contributed by atoms with Crippen molar-refractivity contribution >= 4 is 5.69 Å². The third-order valence-electron chi connectivity index (χ3n) is 8.43. The molecule has 1 heteroatoms. The predicted molar refractivity (Wildman–Crippen MR) is 122 cm³/mol. The van der Waals surface area contributed by atoms with Crippen LogP contribution in [-0.4, -0.2) is 0 Å². The monoisotopic (exact) mass is 381 g/mol. The van der Waals surface area contributed by atoms with Crippen LogP contribution in [0.4, 0.5) is 5.69 Å². The quantitative estimate of drug-likeness (QED) is 0.548. The second-order valence-electron chi connectivity index (χ2n) is 9.91. The van der Waals surface area contributed by atoms with Gasteiger partial charge in [0.15, 0.2) is 0 Å². The third kappa shape index (κ3) is 2.34. The molecule has 2 aromatic rings. The van der Waals surface area contributed by atoms with Gasteiger partial charge in [-0.3, -0.25) is 0 Å². The van der Waals surface area contributed by atoms with Crippen LogP contribution in [0.3, 0.4) is 0 Å². The van der Waals surface area contributed by atoms with Crippen LogP contribution < -0.4 is 5.32 Å². The summed E-state index contributed by atoms with van der Waals surface area (Å²) in [6, 6.07) is 16.3. The van der Waals surface area contributed by atoms with Crippen LogP contribution in [0.5, 0.6) is 0 Å². The fraction of sp³-hybridized carbons (Fsp3) is 0.429. The Morgan fingerprint density at radius 2 is 1.66 bits per heavy atom. The number of allylic oxidation sites excluding steroid dienone is 2. The van der Waals surface area contributed by atoms with Gasteiger partial charge < -0.3 is 5.32 Å². The molecule has 1 nitrogen and oxygen atoms in total. The van der Waals surface area contributed by atoms with Crippen molar-refractivity contribution < 1.29 is 0 Å². The van der Waals surface area contributed by atoms with Crippen molar-refractivity contribution in [2.24, 2.45) is 23.7 Å². The Kier molecular flexibility index (Phi) is 3.85. The van der Waals surface area contributed by atoms with Crippen molar-refractivity contribution in [1.29, 1.82) is 0 Å². The van der Waals surface area contributed by atoms with Gasteiger partial charge in [-0.2, -0.15) is 0 Å². The maximum atomic E-state index is 4.25. The van der Waals surface area contributed by atoms with Crippen LogP contribution in [0.25, 0.3) is 11.1 Å². The van der Waals surface area contributed by atoms with Crippen LogP contribution >= 0.6 is 0 Å². The minimum atomic E-state index is 0.248. The average molecular weight is 382 g/mol. The number of anilines is 1. The fourth-order valence-corrected chi connectivity index (χ4v) is 7.78. The van der Waals surface area contributed by atoms with Gasteiger partial charge in [-0.1, -0.05) is 56.0 Å². The summed E-state index contributed by atoms with van der Waals surface area (Å²) in [4.78, 5) is 0. The second kappa shape index (κ2) is 6.36. The summed E-state index contributed by atoms with van der Waals surface area (Å²) < 4.78 is 0. The topological polar surface area (TPSA) is 12.0 Å². The Hall–Kier alpha value is -2.28. The first kappa shape index (κ1) is 17.6. The van der Waals surface area contributed by atoms with Crippen LogP contribution in [0.2, 0.25) is 0 Å². The number of nitrogens with one attached hydrogen (secondary N) is 1. The highest BCUT2D eigenvalue weighted by atomic mass is 14.9. The lowest BCUT2D eigenvalue weighted by molar-refractivity contribution is -0.0399. The van der Waals surface area contributed by atoms with Crippen molar-refractivity contribution in [2.45, 2.75) is 50.9 Å². The molecule has 0 heterocycles. The molecule has 0 saturated heterocycles. The summed E-state index contributed by atoms with van der Waals surface area (Å²) in [5.41, 5.74) is 8.58. The lowest BCUT2D eigenvalue weighted by Gasteiger charge is -2.61. The van der Waals surface area contributed by atoms with E-state index in [4.69, 9.17) is 0 Å². The molecule has 1 spiro atoms. The summed E-state index contributed by atoms with van der Waals surface area (Å²) in [5.74, 6) is 3.61. The molecule has 2 aromatic carbocycles. The molecule has 0 aliphatic heterocycles. The molecule has 148 valence electrons. The Balaban J connectivity index is 1.54. The summed E-state index contributed by atoms with van der Waals surface area (Å²) in [5, 5.41) is 3.64. The molecule has 29 heavy (non-hydrogen) atoms. The van der Waals surface area contributed by atoms with Crippen LogP contribution in [-0.2, 0) is 5.41 Å². The third-order valence-corrected chi connectivity index (χ3v) is 8.43. The second-order valence-corrected chi connectivity index (χ2v) is 9.91. The number of rotatable bonds is 4. The number of hydrogen-bond acceptors (Lipinski definition) is 1. The van der Waals surface area contributed by atoms with Crippen LogP contribution in [0, 0.1) is 23.7 Å². The van der Waals surface area contributed by atoms with E-state index in [1.54, 1.807) is 11.1 Å². The van der Waals surface area contributed by atoms with E-state index in [0.29, 0.717) is 0 Å². The molecule has 7 rings (SSSR count). The normalized spacial score (nSPS) is 33.3. The van der Waals surface area contributed by atoms with Gasteiger partial charge in [0.2, 0.25) is 0 Å². The van der Waals surface area contributed by atoms with Gasteiger partial charge >= 0.3 is 0 Å². The minimum absolute atomic E-state index is 0.248. The maximum Gasteiger partial charge on any atom is 0.0467 e. The molecule has 1 N–H and O–H groups in total. The van der Waals surface area contributed by atoms with E-state index in [1.807, 2.05) is 0 Å². The first-order chi connectivity index (χ1) is 14.2. The maximum absolute atomic E-state index is 4.25. The van der Waals surface area contributed by atoms with Gasteiger partial charge in [-0.15, -0.1) is 0 Å². The first-order valence-electron chi connectivity index (χ1n) is 11.6. The van der Waals surface area contributed by atoms with Gasteiger partial charge in [0, 0.05) is 22.4 Å². The summed E-state index contributed by atoms with van der Waals surface area (Å²) in [6.07, 6.45) is 12.6. The van der Waals surface area contributed by atoms with Gasteiger partial charge in [0.25, 0.3) is 0 Å². The van der Waals surface area contributed by atoms with E-state index in [9.17, 15) is 0 Å². The standard InChI is InChI=1S/C28H31N/c1-3-4-8-18(2)29-26-12-7-11-25-27(26)23-9-5-6-10-24(23)28(25)21-14-19-13-20(16-21)17-22(28)15-19/h4-12,19-22,29H,2-3,13-17H2,1H3/b8-4-. The number of benzene rings is 2. The Bertz CT molecular complexity index is 983. The van der Waals surface area contributed by atoms with E-state index in [2.05, 4.69) is 73.4 Å². The molecule has 0 radical (unpaired) electrons. The highest BCUT2D eigenvalue weighted by molar-refractivity contribution is 5.91. The van der Waals surface area contributed by atoms with Gasteiger partial charge in [0.1, 0.15) is 0 Å². The molecular formula is C28H31N. The molecule has 0 unspecified atom stereocenters. The van der Waals surface area contributed by atoms with E-state index < -0.39 is 0 Å². The van der Waals surface area contributed by atoms with Crippen molar-refractivity contribution in [3.05, 3.63) is 78.0 Å². The van der Waals surface area contributed by atoms with Gasteiger partial charge in [0.05, 0.1) is 0 Å². The Morgan fingerprint density at radius 3 is 2.38 bits per heavy atom. The number of hydrogen-bond donors (Lipinski definition) is 1. The SMILES string of the molecule is C=C(/C=C\CC)Nc1cccc2c1-c1ccccc1C21C2CC3CC(C2)CC1C3. The van der Waals surface area contributed by atoms with E-state index in [1.165, 1.54) is 48.9 Å². The predicted octanol–water partition coefficient (Wildman–Crippen LogP) is 7.30. The molecule has 5 aliphatic carbocycles. The van der Waals surface area contributed by atoms with E-state index in [-0.39, 0.29) is 5.41 Å². The largest absolute Gasteiger partial charge is 0.356 e. The summed E-state index contributed by atoms with van der Waals surface area (Å²) in [6.45, 7) is 6.41. The highest BCUT2D eigenvalue weighted by Gasteiger charge is 2.61. The molecular weight excluding hydrogens is 350 g/mol. The lowest BCUT2D eigenvalue weighted by atomic mass is 9.43. The molecule has 4 saturated carbocycles. The molecule has 0 aromatic heterocycles. The smallest absolute Gasteiger partial charge is 0.0467 e. The summed E-state index contributed by atoms with van der Waals surface area (Å²) >= 11 is 0. The van der Waals surface area contributed by atoms with Crippen molar-refractivity contribution in [3.63, 3.8) is 0 Å². The van der Waals surface area contributed by atoms with E-state index >= 15 is 0 Å². The molecule has 5 aliphatic rings. The van der Waals surface area contributed by atoms with Gasteiger partial charge in [-0.05, 0) is 91.0 Å².